The molecule has 0 bridgehead atoms. The molecule has 1 N–H and O–H groups in total. The standard InChI is InChI=1S/C13H25N3O4S/c1-11-13(12(2)16(14-11)8-5-9-17)21(18,19)15(3)7-6-10-20-4/h17H,5-10H2,1-4H3. The van der Waals surface area contributed by atoms with Gasteiger partial charge in [0.25, 0.3) is 0 Å². The van der Waals surface area contributed by atoms with E-state index in [4.69, 9.17) is 9.84 Å². The van der Waals surface area contributed by atoms with E-state index in [1.807, 2.05) is 0 Å². The number of hydrogen-bond acceptors (Lipinski definition) is 5. The van der Waals surface area contributed by atoms with E-state index in [0.29, 0.717) is 43.9 Å². The van der Waals surface area contributed by atoms with Gasteiger partial charge in [0.2, 0.25) is 10.0 Å². The Hall–Kier alpha value is -0.960. The molecule has 0 aliphatic heterocycles. The number of ether oxygens (including phenoxy) is 1. The van der Waals surface area contributed by atoms with Crippen LogP contribution in [0.15, 0.2) is 4.90 Å². The van der Waals surface area contributed by atoms with E-state index in [1.54, 1.807) is 32.7 Å². The maximum absolute atomic E-state index is 12.6. The molecule has 0 aromatic carbocycles. The predicted molar refractivity (Wildman–Crippen MR) is 79.7 cm³/mol. The molecule has 0 atom stereocenters. The topological polar surface area (TPSA) is 84.7 Å². The lowest BCUT2D eigenvalue weighted by molar-refractivity contribution is 0.189. The summed E-state index contributed by atoms with van der Waals surface area (Å²) in [6.45, 7) is 4.92. The molecular weight excluding hydrogens is 294 g/mol. The van der Waals surface area contributed by atoms with E-state index in [2.05, 4.69) is 5.10 Å². The Morgan fingerprint density at radius 1 is 1.33 bits per heavy atom. The lowest BCUT2D eigenvalue weighted by Crippen LogP contribution is -2.29. The van der Waals surface area contributed by atoms with Gasteiger partial charge >= 0.3 is 0 Å². The Balaban J connectivity index is 2.99. The lowest BCUT2D eigenvalue weighted by atomic mass is 10.4. The van der Waals surface area contributed by atoms with Crippen molar-refractivity contribution < 1.29 is 18.3 Å². The van der Waals surface area contributed by atoms with E-state index in [9.17, 15) is 8.42 Å². The number of sulfonamides is 1. The second-order valence-corrected chi connectivity index (χ2v) is 6.95. The Morgan fingerprint density at radius 3 is 2.57 bits per heavy atom. The summed E-state index contributed by atoms with van der Waals surface area (Å²) in [7, 11) is -0.397. The summed E-state index contributed by atoms with van der Waals surface area (Å²) < 4.78 is 33.2. The minimum Gasteiger partial charge on any atom is -0.396 e. The van der Waals surface area contributed by atoms with Gasteiger partial charge in [-0.3, -0.25) is 4.68 Å². The number of methoxy groups -OCH3 is 1. The molecule has 7 nitrogen and oxygen atoms in total. The van der Waals surface area contributed by atoms with Crippen molar-refractivity contribution in [1.82, 2.24) is 14.1 Å². The molecule has 1 rings (SSSR count). The highest BCUT2D eigenvalue weighted by atomic mass is 32.2. The van der Waals surface area contributed by atoms with Crippen molar-refractivity contribution in [2.75, 3.05) is 33.9 Å². The Morgan fingerprint density at radius 2 is 2.00 bits per heavy atom. The minimum absolute atomic E-state index is 0.0529. The first-order valence-electron chi connectivity index (χ1n) is 6.96. The second-order valence-electron chi connectivity index (χ2n) is 4.97. The molecular formula is C13H25N3O4S. The van der Waals surface area contributed by atoms with Crippen LogP contribution in [0, 0.1) is 13.8 Å². The van der Waals surface area contributed by atoms with Crippen LogP contribution in [0.2, 0.25) is 0 Å². The average molecular weight is 319 g/mol. The number of aliphatic hydroxyl groups excluding tert-OH is 1. The first-order chi connectivity index (χ1) is 9.86. The summed E-state index contributed by atoms with van der Waals surface area (Å²) in [6.07, 6.45) is 1.19. The fourth-order valence-electron chi connectivity index (χ4n) is 2.20. The summed E-state index contributed by atoms with van der Waals surface area (Å²) in [5.41, 5.74) is 1.10. The van der Waals surface area contributed by atoms with E-state index < -0.39 is 10.0 Å². The summed E-state index contributed by atoms with van der Waals surface area (Å²) in [6, 6.07) is 0. The molecule has 0 unspecified atom stereocenters. The third kappa shape index (κ3) is 4.26. The average Bonchev–Trinajstić information content (AvgIpc) is 2.71. The fourth-order valence-corrected chi connectivity index (χ4v) is 3.77. The molecule has 0 amide bonds. The van der Waals surface area contributed by atoms with Gasteiger partial charge in [-0.1, -0.05) is 0 Å². The molecule has 0 radical (unpaired) electrons. The maximum atomic E-state index is 12.6. The van der Waals surface area contributed by atoms with Crippen LogP contribution in [0.3, 0.4) is 0 Å². The molecule has 21 heavy (non-hydrogen) atoms. The first-order valence-corrected chi connectivity index (χ1v) is 8.40. The van der Waals surface area contributed by atoms with E-state index in [-0.39, 0.29) is 11.5 Å². The zero-order chi connectivity index (χ0) is 16.0. The van der Waals surface area contributed by atoms with E-state index in [0.717, 1.165) is 0 Å². The highest BCUT2D eigenvalue weighted by Crippen LogP contribution is 2.23. The molecule has 0 fully saturated rings. The number of aryl methyl sites for hydroxylation is 2. The van der Waals surface area contributed by atoms with E-state index in [1.165, 1.54) is 4.31 Å². The van der Waals surface area contributed by atoms with Crippen molar-refractivity contribution >= 4 is 10.0 Å². The Labute approximate surface area is 126 Å². The van der Waals surface area contributed by atoms with Crippen LogP contribution in [0.5, 0.6) is 0 Å². The second kappa shape index (κ2) is 7.88. The van der Waals surface area contributed by atoms with E-state index >= 15 is 0 Å². The number of rotatable bonds is 9. The summed E-state index contributed by atoms with van der Waals surface area (Å²) in [4.78, 5) is 0.264. The van der Waals surface area contributed by atoms with Gasteiger partial charge in [0.05, 0.1) is 11.4 Å². The maximum Gasteiger partial charge on any atom is 0.246 e. The van der Waals surface area contributed by atoms with Crippen molar-refractivity contribution in [2.24, 2.45) is 0 Å². The Bertz CT molecular complexity index is 554. The molecule has 122 valence electrons. The smallest absolute Gasteiger partial charge is 0.246 e. The van der Waals surface area contributed by atoms with Gasteiger partial charge in [-0.25, -0.2) is 12.7 Å². The van der Waals surface area contributed by atoms with Gasteiger partial charge in [-0.05, 0) is 26.7 Å². The zero-order valence-corrected chi connectivity index (χ0v) is 14.0. The van der Waals surface area contributed by atoms with Gasteiger partial charge in [-0.15, -0.1) is 0 Å². The first kappa shape index (κ1) is 18.1. The predicted octanol–water partition coefficient (Wildman–Crippen LogP) is 0.539. The van der Waals surface area contributed by atoms with Crippen LogP contribution in [0.1, 0.15) is 24.2 Å². The third-order valence-electron chi connectivity index (χ3n) is 3.33. The van der Waals surface area contributed by atoms with Gasteiger partial charge in [-0.2, -0.15) is 5.10 Å². The van der Waals surface area contributed by atoms with Crippen molar-refractivity contribution in [1.29, 1.82) is 0 Å². The van der Waals surface area contributed by atoms with Crippen LogP contribution in [-0.2, 0) is 21.3 Å². The van der Waals surface area contributed by atoms with Crippen molar-refractivity contribution in [2.45, 2.75) is 38.1 Å². The SMILES string of the molecule is COCCCN(C)S(=O)(=O)c1c(C)nn(CCCO)c1C. The van der Waals surface area contributed by atoms with Gasteiger partial charge in [0.15, 0.2) is 0 Å². The molecule has 0 saturated carbocycles. The van der Waals surface area contributed by atoms with Crippen molar-refractivity contribution in [3.05, 3.63) is 11.4 Å². The van der Waals surface area contributed by atoms with Crippen LogP contribution >= 0.6 is 0 Å². The number of hydrogen-bond donors (Lipinski definition) is 1. The Kier molecular flexibility index (Phi) is 6.79. The number of aliphatic hydroxyl groups is 1. The molecule has 1 aromatic rings. The molecule has 0 aliphatic carbocycles. The van der Waals surface area contributed by atoms with Crippen LogP contribution in [0.4, 0.5) is 0 Å². The fraction of sp³-hybridized carbons (Fsp3) is 0.769. The van der Waals surface area contributed by atoms with Crippen LogP contribution < -0.4 is 0 Å². The quantitative estimate of drug-likeness (QED) is 0.672. The number of aromatic nitrogens is 2. The largest absolute Gasteiger partial charge is 0.396 e. The lowest BCUT2D eigenvalue weighted by Gasteiger charge is -2.17. The molecule has 0 saturated heterocycles. The highest BCUT2D eigenvalue weighted by Gasteiger charge is 2.28. The molecule has 0 aliphatic rings. The molecule has 1 heterocycles. The summed E-state index contributed by atoms with van der Waals surface area (Å²) >= 11 is 0. The van der Waals surface area contributed by atoms with Crippen LogP contribution in [-0.4, -0.2) is 61.5 Å². The van der Waals surface area contributed by atoms with Gasteiger partial charge in [0.1, 0.15) is 4.90 Å². The highest BCUT2D eigenvalue weighted by molar-refractivity contribution is 7.89. The third-order valence-corrected chi connectivity index (χ3v) is 5.44. The van der Waals surface area contributed by atoms with Crippen molar-refractivity contribution in [3.8, 4) is 0 Å². The minimum atomic E-state index is -3.55. The molecule has 8 heteroatoms. The normalized spacial score (nSPS) is 12.3. The van der Waals surface area contributed by atoms with Gasteiger partial charge < -0.3 is 9.84 Å². The zero-order valence-electron chi connectivity index (χ0n) is 13.2. The number of nitrogens with zero attached hydrogens (tertiary/aromatic N) is 3. The van der Waals surface area contributed by atoms with Crippen LogP contribution in [0.25, 0.3) is 0 Å². The molecule has 1 aromatic heterocycles. The summed E-state index contributed by atoms with van der Waals surface area (Å²) in [5, 5.41) is 13.2. The molecule has 0 spiro atoms. The summed E-state index contributed by atoms with van der Waals surface area (Å²) in [5.74, 6) is 0. The monoisotopic (exact) mass is 319 g/mol. The van der Waals surface area contributed by atoms with Gasteiger partial charge in [0, 0.05) is 40.5 Å². The van der Waals surface area contributed by atoms with Crippen molar-refractivity contribution in [3.63, 3.8) is 0 Å².